The van der Waals surface area contributed by atoms with Crippen LogP contribution in [0.4, 0.5) is 0 Å². The summed E-state index contributed by atoms with van der Waals surface area (Å²) in [6, 6.07) is 5.09. The molecule has 0 radical (unpaired) electrons. The van der Waals surface area contributed by atoms with Crippen LogP contribution in [0.2, 0.25) is 0 Å². The van der Waals surface area contributed by atoms with E-state index in [1.54, 1.807) is 19.1 Å². The standard InChI is InChI=1S/C12H17NO4/c1-3-17-12(15)8-13-7-9-4-5-11(16-2)10(14)6-9/h4-6,13-14H,3,7-8H2,1-2H3. The molecule has 5 heteroatoms. The van der Waals surface area contributed by atoms with Crippen LogP contribution >= 0.6 is 0 Å². The second kappa shape index (κ2) is 6.75. The Labute approximate surface area is 100 Å². The molecule has 1 rings (SSSR count). The van der Waals surface area contributed by atoms with Gasteiger partial charge in [0.05, 0.1) is 20.3 Å². The molecule has 0 heterocycles. The highest BCUT2D eigenvalue weighted by Gasteiger charge is 2.04. The highest BCUT2D eigenvalue weighted by molar-refractivity contribution is 5.71. The molecular weight excluding hydrogens is 222 g/mol. The summed E-state index contributed by atoms with van der Waals surface area (Å²) in [5.74, 6) is 0.229. The molecule has 17 heavy (non-hydrogen) atoms. The van der Waals surface area contributed by atoms with Gasteiger partial charge in [0, 0.05) is 6.54 Å². The fourth-order valence-corrected chi connectivity index (χ4v) is 1.37. The minimum absolute atomic E-state index is 0.0861. The number of benzene rings is 1. The van der Waals surface area contributed by atoms with Crippen molar-refractivity contribution in [1.82, 2.24) is 5.32 Å². The van der Waals surface area contributed by atoms with Crippen molar-refractivity contribution in [2.45, 2.75) is 13.5 Å². The molecule has 94 valence electrons. The van der Waals surface area contributed by atoms with E-state index in [0.717, 1.165) is 5.56 Å². The smallest absolute Gasteiger partial charge is 0.319 e. The van der Waals surface area contributed by atoms with Crippen LogP contribution in [0.25, 0.3) is 0 Å². The van der Waals surface area contributed by atoms with Gasteiger partial charge in [-0.2, -0.15) is 0 Å². The zero-order valence-corrected chi connectivity index (χ0v) is 10.0. The van der Waals surface area contributed by atoms with Crippen molar-refractivity contribution in [1.29, 1.82) is 0 Å². The number of methoxy groups -OCH3 is 1. The quantitative estimate of drug-likeness (QED) is 0.726. The Kier molecular flexibility index (Phi) is 5.29. The maximum absolute atomic E-state index is 11.0. The molecule has 0 aliphatic carbocycles. The van der Waals surface area contributed by atoms with E-state index in [-0.39, 0.29) is 18.3 Å². The number of rotatable bonds is 6. The summed E-state index contributed by atoms with van der Waals surface area (Å²) in [6.45, 7) is 2.78. The largest absolute Gasteiger partial charge is 0.504 e. The molecule has 0 fully saturated rings. The third kappa shape index (κ3) is 4.32. The molecule has 0 aliphatic heterocycles. The molecular formula is C12H17NO4. The molecule has 0 saturated carbocycles. The van der Waals surface area contributed by atoms with Crippen molar-refractivity contribution in [2.24, 2.45) is 0 Å². The number of carbonyl (C=O) groups is 1. The van der Waals surface area contributed by atoms with Gasteiger partial charge in [0.25, 0.3) is 0 Å². The lowest BCUT2D eigenvalue weighted by molar-refractivity contribution is -0.142. The second-order valence-electron chi connectivity index (χ2n) is 3.41. The minimum Gasteiger partial charge on any atom is -0.504 e. The normalized spacial score (nSPS) is 10.0. The van der Waals surface area contributed by atoms with Gasteiger partial charge in [0.1, 0.15) is 0 Å². The number of ether oxygens (including phenoxy) is 2. The van der Waals surface area contributed by atoms with Crippen LogP contribution in [-0.2, 0) is 16.1 Å². The van der Waals surface area contributed by atoms with Crippen LogP contribution in [0, 0.1) is 0 Å². The summed E-state index contributed by atoms with van der Waals surface area (Å²) >= 11 is 0. The maximum atomic E-state index is 11.0. The summed E-state index contributed by atoms with van der Waals surface area (Å²) in [4.78, 5) is 11.0. The Morgan fingerprint density at radius 2 is 2.24 bits per heavy atom. The topological polar surface area (TPSA) is 67.8 Å². The van der Waals surface area contributed by atoms with Crippen molar-refractivity contribution < 1.29 is 19.4 Å². The molecule has 0 saturated heterocycles. The van der Waals surface area contributed by atoms with Crippen LogP contribution in [0.1, 0.15) is 12.5 Å². The van der Waals surface area contributed by atoms with Gasteiger partial charge >= 0.3 is 5.97 Å². The lowest BCUT2D eigenvalue weighted by Crippen LogP contribution is -2.24. The lowest BCUT2D eigenvalue weighted by Gasteiger charge is -2.07. The van der Waals surface area contributed by atoms with Crippen molar-refractivity contribution >= 4 is 5.97 Å². The molecule has 0 atom stereocenters. The highest BCUT2D eigenvalue weighted by atomic mass is 16.5. The van der Waals surface area contributed by atoms with Gasteiger partial charge in [-0.3, -0.25) is 4.79 Å². The van der Waals surface area contributed by atoms with Gasteiger partial charge in [-0.15, -0.1) is 0 Å². The predicted molar refractivity (Wildman–Crippen MR) is 63.0 cm³/mol. The lowest BCUT2D eigenvalue weighted by atomic mass is 10.2. The second-order valence-corrected chi connectivity index (χ2v) is 3.41. The molecule has 0 spiro atoms. The first-order chi connectivity index (χ1) is 8.17. The van der Waals surface area contributed by atoms with E-state index in [9.17, 15) is 9.90 Å². The summed E-state index contributed by atoms with van der Waals surface area (Å²) < 4.78 is 9.70. The van der Waals surface area contributed by atoms with Crippen molar-refractivity contribution in [3.63, 3.8) is 0 Å². The molecule has 0 amide bonds. The molecule has 0 unspecified atom stereocenters. The number of aromatic hydroxyl groups is 1. The maximum Gasteiger partial charge on any atom is 0.319 e. The fourth-order valence-electron chi connectivity index (χ4n) is 1.37. The Bertz CT molecular complexity index is 379. The number of phenols is 1. The average molecular weight is 239 g/mol. The van der Waals surface area contributed by atoms with Gasteiger partial charge in [-0.05, 0) is 24.6 Å². The van der Waals surface area contributed by atoms with Crippen molar-refractivity contribution in [3.05, 3.63) is 23.8 Å². The van der Waals surface area contributed by atoms with E-state index in [0.29, 0.717) is 18.9 Å². The molecule has 0 bridgehead atoms. The number of hydrogen-bond acceptors (Lipinski definition) is 5. The van der Waals surface area contributed by atoms with E-state index in [2.05, 4.69) is 5.32 Å². The number of hydrogen-bond donors (Lipinski definition) is 2. The number of esters is 1. The van der Waals surface area contributed by atoms with Gasteiger partial charge in [-0.1, -0.05) is 6.07 Å². The number of nitrogens with one attached hydrogen (secondary N) is 1. The van der Waals surface area contributed by atoms with E-state index < -0.39 is 0 Å². The first kappa shape index (κ1) is 13.3. The summed E-state index contributed by atoms with van der Waals surface area (Å²) in [7, 11) is 1.49. The zero-order valence-electron chi connectivity index (χ0n) is 10.0. The van der Waals surface area contributed by atoms with Crippen LogP contribution in [-0.4, -0.2) is 31.3 Å². The van der Waals surface area contributed by atoms with Gasteiger partial charge in [-0.25, -0.2) is 0 Å². The SMILES string of the molecule is CCOC(=O)CNCc1ccc(OC)c(O)c1. The summed E-state index contributed by atoms with van der Waals surface area (Å²) in [5, 5.41) is 12.5. The third-order valence-corrected chi connectivity index (χ3v) is 2.15. The van der Waals surface area contributed by atoms with Gasteiger partial charge < -0.3 is 19.9 Å². The van der Waals surface area contributed by atoms with E-state index >= 15 is 0 Å². The van der Waals surface area contributed by atoms with Crippen LogP contribution < -0.4 is 10.1 Å². The van der Waals surface area contributed by atoms with Gasteiger partial charge in [0.15, 0.2) is 11.5 Å². The molecule has 2 N–H and O–H groups in total. The van der Waals surface area contributed by atoms with Crippen molar-refractivity contribution in [3.8, 4) is 11.5 Å². The third-order valence-electron chi connectivity index (χ3n) is 2.15. The Hall–Kier alpha value is -1.75. The van der Waals surface area contributed by atoms with E-state index in [1.807, 2.05) is 6.07 Å². The first-order valence-electron chi connectivity index (χ1n) is 5.39. The van der Waals surface area contributed by atoms with Crippen molar-refractivity contribution in [2.75, 3.05) is 20.3 Å². The average Bonchev–Trinajstić information content (AvgIpc) is 2.29. The Morgan fingerprint density at radius 1 is 1.47 bits per heavy atom. The monoisotopic (exact) mass is 239 g/mol. The number of carbonyl (C=O) groups excluding carboxylic acids is 1. The molecule has 0 aliphatic rings. The molecule has 5 nitrogen and oxygen atoms in total. The Balaban J connectivity index is 2.42. The fraction of sp³-hybridized carbons (Fsp3) is 0.417. The molecule has 1 aromatic carbocycles. The molecule has 1 aromatic rings. The predicted octanol–water partition coefficient (Wildman–Crippen LogP) is 1.05. The van der Waals surface area contributed by atoms with Crippen LogP contribution in [0.15, 0.2) is 18.2 Å². The van der Waals surface area contributed by atoms with E-state index in [1.165, 1.54) is 7.11 Å². The van der Waals surface area contributed by atoms with Crippen LogP contribution in [0.3, 0.4) is 0 Å². The summed E-state index contributed by atoms with van der Waals surface area (Å²) in [6.07, 6.45) is 0. The Morgan fingerprint density at radius 3 is 2.82 bits per heavy atom. The summed E-state index contributed by atoms with van der Waals surface area (Å²) in [5.41, 5.74) is 0.868. The number of phenolic OH excluding ortho intramolecular Hbond substituents is 1. The van der Waals surface area contributed by atoms with E-state index in [4.69, 9.17) is 9.47 Å². The zero-order chi connectivity index (χ0) is 12.7. The minimum atomic E-state index is -0.287. The van der Waals surface area contributed by atoms with Gasteiger partial charge in [0.2, 0.25) is 0 Å². The highest BCUT2D eigenvalue weighted by Crippen LogP contribution is 2.25. The molecule has 0 aromatic heterocycles. The van der Waals surface area contributed by atoms with Crippen LogP contribution in [0.5, 0.6) is 11.5 Å². The first-order valence-corrected chi connectivity index (χ1v) is 5.39.